The molecule has 0 N–H and O–H groups in total. The molecule has 0 aromatic heterocycles. The van der Waals surface area contributed by atoms with E-state index in [1.54, 1.807) is 12.4 Å². The van der Waals surface area contributed by atoms with E-state index in [9.17, 15) is 9.59 Å². The SMILES string of the molecule is CC(C)(C)C1=CC(=C/N=N/c2c(Br)cc(-c3cc(Br)c(/N=N/C=C4C=C(C(C)(C)C)C(=O)C(C(C)(C)C)=C4)c(Br)c3)cc2Br)C=C(C(C)(C)C)C1=O. The normalized spacial score (nSPS) is 16.4. The van der Waals surface area contributed by atoms with E-state index < -0.39 is 0 Å². The van der Waals surface area contributed by atoms with E-state index in [1.807, 2.05) is 132 Å². The second-order valence-corrected chi connectivity index (χ2v) is 20.6. The summed E-state index contributed by atoms with van der Waals surface area (Å²) in [6.45, 7) is 24.6. The molecule has 0 unspecified atom stereocenters. The van der Waals surface area contributed by atoms with E-state index in [0.29, 0.717) is 11.4 Å². The Hall–Kier alpha value is -2.66. The van der Waals surface area contributed by atoms with Crippen LogP contribution in [0.1, 0.15) is 83.1 Å². The highest BCUT2D eigenvalue weighted by molar-refractivity contribution is 9.11. The fourth-order valence-corrected chi connectivity index (χ4v) is 8.33. The van der Waals surface area contributed by atoms with E-state index in [1.165, 1.54) is 0 Å². The van der Waals surface area contributed by atoms with E-state index in [4.69, 9.17) is 0 Å². The lowest BCUT2D eigenvalue weighted by Crippen LogP contribution is -2.27. The Balaban J connectivity index is 1.63. The quantitative estimate of drug-likeness (QED) is 0.280. The molecule has 10 heteroatoms. The first-order valence-corrected chi connectivity index (χ1v) is 20.1. The van der Waals surface area contributed by atoms with Gasteiger partial charge >= 0.3 is 0 Å². The number of ketones is 2. The Morgan fingerprint density at radius 1 is 0.442 bits per heavy atom. The highest BCUT2D eigenvalue weighted by atomic mass is 79.9. The van der Waals surface area contributed by atoms with Gasteiger partial charge in [0, 0.05) is 40.2 Å². The van der Waals surface area contributed by atoms with Gasteiger partial charge in [-0.25, -0.2) is 0 Å². The third kappa shape index (κ3) is 9.90. The highest BCUT2D eigenvalue weighted by Crippen LogP contribution is 2.44. The van der Waals surface area contributed by atoms with Crippen LogP contribution in [0, 0.1) is 21.7 Å². The molecular formula is C42H46Br4N4O2. The number of nitrogens with zero attached hydrogens (tertiary/aromatic N) is 4. The lowest BCUT2D eigenvalue weighted by molar-refractivity contribution is -0.114. The average Bonchev–Trinajstić information content (AvgIpc) is 2.98. The van der Waals surface area contributed by atoms with Crippen molar-refractivity contribution in [3.8, 4) is 11.1 Å². The topological polar surface area (TPSA) is 83.6 Å². The first-order chi connectivity index (χ1) is 23.8. The first-order valence-electron chi connectivity index (χ1n) is 17.0. The van der Waals surface area contributed by atoms with Gasteiger partial charge in [0.1, 0.15) is 11.4 Å². The zero-order chi connectivity index (χ0) is 39.1. The van der Waals surface area contributed by atoms with Gasteiger partial charge < -0.3 is 0 Å². The molecule has 0 saturated heterocycles. The number of halogens is 4. The minimum absolute atomic E-state index is 0.0827. The number of allylic oxidation sites excluding steroid dienone is 10. The van der Waals surface area contributed by atoms with Crippen LogP contribution in [-0.4, -0.2) is 11.6 Å². The summed E-state index contributed by atoms with van der Waals surface area (Å²) >= 11 is 14.8. The predicted octanol–water partition coefficient (Wildman–Crippen LogP) is 15.4. The molecule has 0 fully saturated rings. The lowest BCUT2D eigenvalue weighted by atomic mass is 9.72. The molecule has 2 aromatic rings. The van der Waals surface area contributed by atoms with Crippen LogP contribution in [0.15, 0.2) is 133 Å². The van der Waals surface area contributed by atoms with Crippen LogP contribution in [0.25, 0.3) is 11.1 Å². The summed E-state index contributed by atoms with van der Waals surface area (Å²) in [5, 5.41) is 17.9. The molecule has 4 rings (SSSR count). The monoisotopic (exact) mass is 954 g/mol. The van der Waals surface area contributed by atoms with Crippen molar-refractivity contribution >= 4 is 86.7 Å². The Morgan fingerprint density at radius 2 is 0.673 bits per heavy atom. The van der Waals surface area contributed by atoms with Gasteiger partial charge in [-0.2, -0.15) is 10.2 Å². The zero-order valence-corrected chi connectivity index (χ0v) is 38.2. The van der Waals surface area contributed by atoms with Crippen molar-refractivity contribution in [1.29, 1.82) is 0 Å². The summed E-state index contributed by atoms with van der Waals surface area (Å²) in [7, 11) is 0. The third-order valence-electron chi connectivity index (χ3n) is 8.55. The molecule has 52 heavy (non-hydrogen) atoms. The molecule has 274 valence electrons. The van der Waals surface area contributed by atoms with Crippen LogP contribution < -0.4 is 0 Å². The van der Waals surface area contributed by atoms with Crippen molar-refractivity contribution in [2.24, 2.45) is 42.1 Å². The third-order valence-corrected chi connectivity index (χ3v) is 11.0. The molecular weight excluding hydrogens is 912 g/mol. The van der Waals surface area contributed by atoms with Crippen LogP contribution >= 0.6 is 63.7 Å². The molecule has 6 nitrogen and oxygen atoms in total. The smallest absolute Gasteiger partial charge is 0.186 e. The summed E-state index contributed by atoms with van der Waals surface area (Å²) in [4.78, 5) is 26.6. The fraction of sp³-hybridized carbons (Fsp3) is 0.381. The number of hydrogen-bond donors (Lipinski definition) is 0. The van der Waals surface area contributed by atoms with E-state index in [-0.39, 0.29) is 33.2 Å². The van der Waals surface area contributed by atoms with Crippen molar-refractivity contribution in [2.75, 3.05) is 0 Å². The molecule has 0 radical (unpaired) electrons. The van der Waals surface area contributed by atoms with Crippen molar-refractivity contribution in [3.63, 3.8) is 0 Å². The Morgan fingerprint density at radius 3 is 0.885 bits per heavy atom. The number of benzene rings is 2. The highest BCUT2D eigenvalue weighted by Gasteiger charge is 2.35. The molecule has 2 aromatic carbocycles. The summed E-state index contributed by atoms with van der Waals surface area (Å²) in [5.41, 5.74) is 6.65. The van der Waals surface area contributed by atoms with Crippen LogP contribution in [0.5, 0.6) is 0 Å². The molecule has 0 atom stereocenters. The number of hydrogen-bond acceptors (Lipinski definition) is 6. The molecule has 0 bridgehead atoms. The zero-order valence-electron chi connectivity index (χ0n) is 31.9. The van der Waals surface area contributed by atoms with Gasteiger partial charge in [-0.1, -0.05) is 83.1 Å². The Bertz CT molecular complexity index is 1810. The van der Waals surface area contributed by atoms with Crippen LogP contribution in [0.4, 0.5) is 11.4 Å². The van der Waals surface area contributed by atoms with Crippen LogP contribution in [0.2, 0.25) is 0 Å². The molecule has 2 aliphatic rings. The standard InChI is InChI=1S/C42H46Br4N4O2/c1-39(2,3)27-13-23(14-28(37(27)51)40(4,5)6)21-47-49-35-31(43)17-25(18-32(35)44)26-19-33(45)36(34(46)20-26)50-48-22-24-15-29(41(7,8)9)38(52)30(16-24)42(10,11)12/h13-22H,1-12H3/b49-47+,50-48+. The van der Waals surface area contributed by atoms with Crippen molar-refractivity contribution in [2.45, 2.75) is 83.1 Å². The lowest BCUT2D eigenvalue weighted by Gasteiger charge is -2.31. The summed E-state index contributed by atoms with van der Waals surface area (Å²) < 4.78 is 3.03. The van der Waals surface area contributed by atoms with Crippen LogP contribution in [-0.2, 0) is 9.59 Å². The second-order valence-electron chi connectivity index (χ2n) is 17.2. The van der Waals surface area contributed by atoms with Gasteiger partial charge in [0.25, 0.3) is 0 Å². The summed E-state index contributed by atoms with van der Waals surface area (Å²) in [6.07, 6.45) is 11.0. The number of Topliss-reactive ketones (excluding diaryl/α,β-unsaturated/α-hetero) is 2. The maximum Gasteiger partial charge on any atom is 0.186 e. The van der Waals surface area contributed by atoms with E-state index >= 15 is 0 Å². The maximum atomic E-state index is 13.3. The number of rotatable bonds is 5. The van der Waals surface area contributed by atoms with E-state index in [2.05, 4.69) is 84.2 Å². The molecule has 0 amide bonds. The van der Waals surface area contributed by atoms with Gasteiger partial charge in [0.2, 0.25) is 0 Å². The van der Waals surface area contributed by atoms with Gasteiger partial charge in [-0.15, -0.1) is 10.2 Å². The molecule has 0 aliphatic heterocycles. The number of azo groups is 2. The number of carbonyl (C=O) groups excluding carboxylic acids is 2. The maximum absolute atomic E-state index is 13.3. The van der Waals surface area contributed by atoms with E-state index in [0.717, 1.165) is 62.5 Å². The van der Waals surface area contributed by atoms with Gasteiger partial charge in [-0.05, 0) is 156 Å². The van der Waals surface area contributed by atoms with Crippen molar-refractivity contribution < 1.29 is 9.59 Å². The molecule has 0 spiro atoms. The fourth-order valence-electron chi connectivity index (χ4n) is 5.64. The van der Waals surface area contributed by atoms with Gasteiger partial charge in [0.15, 0.2) is 11.6 Å². The Labute approximate surface area is 342 Å². The van der Waals surface area contributed by atoms with Crippen molar-refractivity contribution in [3.05, 3.63) is 112 Å². The van der Waals surface area contributed by atoms with Gasteiger partial charge in [0.05, 0.1) is 12.4 Å². The minimum Gasteiger partial charge on any atom is -0.289 e. The first kappa shape index (κ1) is 42.1. The summed E-state index contributed by atoms with van der Waals surface area (Å²) in [6, 6.07) is 7.96. The predicted molar refractivity (Wildman–Crippen MR) is 228 cm³/mol. The van der Waals surface area contributed by atoms with Crippen molar-refractivity contribution in [1.82, 2.24) is 0 Å². The second kappa shape index (κ2) is 15.6. The summed E-state index contributed by atoms with van der Waals surface area (Å²) in [5.74, 6) is 0.165. The number of carbonyl (C=O) groups is 2. The average molecular weight is 958 g/mol. The van der Waals surface area contributed by atoms with Gasteiger partial charge in [-0.3, -0.25) is 9.59 Å². The minimum atomic E-state index is -0.303. The van der Waals surface area contributed by atoms with Crippen LogP contribution in [0.3, 0.4) is 0 Å². The molecule has 0 heterocycles. The Kier molecular flexibility index (Phi) is 12.6. The molecule has 0 saturated carbocycles. The largest absolute Gasteiger partial charge is 0.289 e. The molecule has 2 aliphatic carbocycles.